The Balaban J connectivity index is 1.64. The monoisotopic (exact) mass is 341 g/mol. The van der Waals surface area contributed by atoms with E-state index in [0.29, 0.717) is 6.04 Å². The third-order valence-electron chi connectivity index (χ3n) is 4.83. The molecule has 0 saturated heterocycles. The molecule has 2 aliphatic carbocycles. The van der Waals surface area contributed by atoms with Crippen LogP contribution in [-0.2, 0) is 0 Å². The third-order valence-corrected chi connectivity index (χ3v) is 5.64. The number of rotatable bonds is 2. The van der Waals surface area contributed by atoms with Gasteiger partial charge in [-0.2, -0.15) is 0 Å². The summed E-state index contributed by atoms with van der Waals surface area (Å²) in [4.78, 5) is 0. The molecule has 2 saturated carbocycles. The van der Waals surface area contributed by atoms with Gasteiger partial charge in [-0.1, -0.05) is 53.2 Å². The van der Waals surface area contributed by atoms with Crippen molar-refractivity contribution in [1.29, 1.82) is 0 Å². The maximum Gasteiger partial charge on any atom is 0.0648 e. The zero-order valence-corrected chi connectivity index (χ0v) is 13.5. The van der Waals surface area contributed by atoms with Crippen LogP contribution in [0.3, 0.4) is 0 Å². The molecule has 1 nitrogen and oxygen atoms in total. The Morgan fingerprint density at radius 2 is 1.84 bits per heavy atom. The largest absolute Gasteiger partial charge is 0.381 e. The summed E-state index contributed by atoms with van der Waals surface area (Å²) in [5.74, 6) is 1.96. The van der Waals surface area contributed by atoms with Crippen molar-refractivity contribution >= 4 is 33.2 Å². The Hall–Kier alpha value is -0.210. The van der Waals surface area contributed by atoms with Gasteiger partial charge < -0.3 is 5.32 Å². The van der Waals surface area contributed by atoms with Gasteiger partial charge in [-0.05, 0) is 49.3 Å². The first-order chi connectivity index (χ1) is 9.22. The summed E-state index contributed by atoms with van der Waals surface area (Å²) in [5.41, 5.74) is 1.09. The predicted octanol–water partition coefficient (Wildman–Crippen LogP) is 5.87. The van der Waals surface area contributed by atoms with E-state index >= 15 is 0 Å². The second-order valence-corrected chi connectivity index (χ2v) is 7.41. The number of halogens is 2. The third kappa shape index (κ3) is 3.28. The first kappa shape index (κ1) is 13.8. The van der Waals surface area contributed by atoms with Gasteiger partial charge >= 0.3 is 0 Å². The summed E-state index contributed by atoms with van der Waals surface area (Å²) < 4.78 is 1.04. The van der Waals surface area contributed by atoms with Crippen molar-refractivity contribution in [2.45, 2.75) is 51.0 Å². The van der Waals surface area contributed by atoms with Crippen molar-refractivity contribution in [2.75, 3.05) is 5.32 Å². The molecule has 1 N–H and O–H groups in total. The van der Waals surface area contributed by atoms with Gasteiger partial charge in [0.15, 0.2) is 0 Å². The smallest absolute Gasteiger partial charge is 0.0648 e. The Bertz CT molecular complexity index is 448. The van der Waals surface area contributed by atoms with Crippen LogP contribution in [0.2, 0.25) is 5.02 Å². The second-order valence-electron chi connectivity index (χ2n) is 6.08. The quantitative estimate of drug-likeness (QED) is 0.708. The highest BCUT2D eigenvalue weighted by Crippen LogP contribution is 2.41. The molecule has 0 aliphatic heterocycles. The van der Waals surface area contributed by atoms with Crippen LogP contribution in [0.15, 0.2) is 22.7 Å². The average molecular weight is 343 g/mol. The highest BCUT2D eigenvalue weighted by molar-refractivity contribution is 9.10. The number of anilines is 1. The summed E-state index contributed by atoms with van der Waals surface area (Å²) in [6.45, 7) is 0. The number of hydrogen-bond acceptors (Lipinski definition) is 1. The van der Waals surface area contributed by atoms with E-state index in [9.17, 15) is 0 Å². The molecule has 104 valence electrons. The van der Waals surface area contributed by atoms with Crippen LogP contribution < -0.4 is 5.32 Å². The first-order valence-corrected chi connectivity index (χ1v) is 8.61. The van der Waals surface area contributed by atoms with E-state index in [2.05, 4.69) is 33.4 Å². The molecule has 19 heavy (non-hydrogen) atoms. The van der Waals surface area contributed by atoms with Gasteiger partial charge in [-0.15, -0.1) is 0 Å². The molecule has 2 fully saturated rings. The minimum absolute atomic E-state index is 0.609. The highest BCUT2D eigenvalue weighted by Gasteiger charge is 2.32. The van der Waals surface area contributed by atoms with Gasteiger partial charge in [-0.25, -0.2) is 0 Å². The van der Waals surface area contributed by atoms with E-state index in [0.717, 1.165) is 27.0 Å². The van der Waals surface area contributed by atoms with Crippen LogP contribution in [0, 0.1) is 11.8 Å². The van der Waals surface area contributed by atoms with E-state index in [4.69, 9.17) is 11.6 Å². The number of hydrogen-bond donors (Lipinski definition) is 1. The standard InChI is InChI=1S/C16H21BrClN/c17-13-6-8-16(15(18)10-13)19-14-7-5-11-3-1-2-4-12(11)9-14/h6,8,10-12,14,19H,1-5,7,9H2. The van der Waals surface area contributed by atoms with Crippen molar-refractivity contribution < 1.29 is 0 Å². The van der Waals surface area contributed by atoms with Crippen LogP contribution in [0.1, 0.15) is 44.9 Å². The topological polar surface area (TPSA) is 12.0 Å². The SMILES string of the molecule is Clc1cc(Br)ccc1NC1CCC2CCCCC2C1. The van der Waals surface area contributed by atoms with E-state index in [1.807, 2.05) is 6.07 Å². The van der Waals surface area contributed by atoms with E-state index < -0.39 is 0 Å². The van der Waals surface area contributed by atoms with Gasteiger partial charge in [0, 0.05) is 10.5 Å². The molecule has 2 aliphatic rings. The van der Waals surface area contributed by atoms with Crippen molar-refractivity contribution in [2.24, 2.45) is 11.8 Å². The average Bonchev–Trinajstić information content (AvgIpc) is 2.42. The number of benzene rings is 1. The fraction of sp³-hybridized carbons (Fsp3) is 0.625. The summed E-state index contributed by atoms with van der Waals surface area (Å²) in [7, 11) is 0. The molecule has 3 atom stereocenters. The molecule has 0 bridgehead atoms. The summed E-state index contributed by atoms with van der Waals surface area (Å²) >= 11 is 9.75. The molecule has 0 heterocycles. The maximum atomic E-state index is 6.29. The summed E-state index contributed by atoms with van der Waals surface area (Å²) in [6.07, 6.45) is 9.83. The van der Waals surface area contributed by atoms with Crippen LogP contribution in [0.4, 0.5) is 5.69 Å². The molecular formula is C16H21BrClN. The molecule has 1 aromatic rings. The Labute approximate surface area is 129 Å². The molecule has 0 radical (unpaired) electrons. The van der Waals surface area contributed by atoms with Crippen molar-refractivity contribution in [1.82, 2.24) is 0 Å². The lowest BCUT2D eigenvalue weighted by Gasteiger charge is -2.40. The zero-order chi connectivity index (χ0) is 13.2. The van der Waals surface area contributed by atoms with Gasteiger partial charge in [0.2, 0.25) is 0 Å². The lowest BCUT2D eigenvalue weighted by atomic mass is 9.69. The van der Waals surface area contributed by atoms with Gasteiger partial charge in [0.05, 0.1) is 10.7 Å². The van der Waals surface area contributed by atoms with E-state index in [-0.39, 0.29) is 0 Å². The van der Waals surface area contributed by atoms with Gasteiger partial charge in [0.1, 0.15) is 0 Å². The van der Waals surface area contributed by atoms with E-state index in [1.54, 1.807) is 0 Å². The molecule has 0 aromatic heterocycles. The van der Waals surface area contributed by atoms with Crippen LogP contribution in [-0.4, -0.2) is 6.04 Å². The first-order valence-electron chi connectivity index (χ1n) is 7.44. The molecule has 3 unspecified atom stereocenters. The fourth-order valence-corrected chi connectivity index (χ4v) is 4.56. The lowest BCUT2D eigenvalue weighted by Crippen LogP contribution is -2.34. The van der Waals surface area contributed by atoms with Crippen LogP contribution >= 0.6 is 27.5 Å². The van der Waals surface area contributed by atoms with Crippen molar-refractivity contribution in [3.63, 3.8) is 0 Å². The number of fused-ring (bicyclic) bond motifs is 1. The highest BCUT2D eigenvalue weighted by atomic mass is 79.9. The molecule has 3 heteroatoms. The van der Waals surface area contributed by atoms with Crippen LogP contribution in [0.25, 0.3) is 0 Å². The van der Waals surface area contributed by atoms with E-state index in [1.165, 1.54) is 44.9 Å². The fourth-order valence-electron chi connectivity index (χ4n) is 3.83. The molecular weight excluding hydrogens is 322 g/mol. The Morgan fingerprint density at radius 1 is 1.05 bits per heavy atom. The van der Waals surface area contributed by atoms with Gasteiger partial charge in [0.25, 0.3) is 0 Å². The summed E-state index contributed by atoms with van der Waals surface area (Å²) in [5, 5.41) is 4.48. The molecule has 1 aromatic carbocycles. The Morgan fingerprint density at radius 3 is 2.63 bits per heavy atom. The molecule has 0 amide bonds. The minimum atomic E-state index is 0.609. The lowest BCUT2D eigenvalue weighted by molar-refractivity contribution is 0.162. The predicted molar refractivity (Wildman–Crippen MR) is 85.9 cm³/mol. The second kappa shape index (κ2) is 6.05. The summed E-state index contributed by atoms with van der Waals surface area (Å²) in [6, 6.07) is 6.72. The molecule has 0 spiro atoms. The number of nitrogens with one attached hydrogen (secondary N) is 1. The van der Waals surface area contributed by atoms with Crippen molar-refractivity contribution in [3.8, 4) is 0 Å². The normalized spacial score (nSPS) is 30.7. The molecule has 3 rings (SSSR count). The maximum absolute atomic E-state index is 6.29. The minimum Gasteiger partial charge on any atom is -0.381 e. The van der Waals surface area contributed by atoms with Crippen LogP contribution in [0.5, 0.6) is 0 Å². The van der Waals surface area contributed by atoms with Crippen molar-refractivity contribution in [3.05, 3.63) is 27.7 Å². The Kier molecular flexibility index (Phi) is 4.38. The zero-order valence-electron chi connectivity index (χ0n) is 11.2. The van der Waals surface area contributed by atoms with Gasteiger partial charge in [-0.3, -0.25) is 0 Å².